The van der Waals surface area contributed by atoms with Crippen molar-refractivity contribution < 1.29 is 14.5 Å². The number of carbonyl (C=O) groups excluding carboxylic acids is 1. The van der Waals surface area contributed by atoms with Crippen LogP contribution in [0.25, 0.3) is 0 Å². The van der Waals surface area contributed by atoms with Gasteiger partial charge in [0, 0.05) is 28.3 Å². The fourth-order valence-electron chi connectivity index (χ4n) is 2.48. The Morgan fingerprint density at radius 1 is 1.07 bits per heavy atom. The van der Waals surface area contributed by atoms with Crippen molar-refractivity contribution in [2.75, 3.05) is 0 Å². The molecule has 3 aromatic rings. The second kappa shape index (κ2) is 9.87. The van der Waals surface area contributed by atoms with E-state index in [0.717, 1.165) is 5.56 Å². The first-order valence-electron chi connectivity index (χ1n) is 8.67. The van der Waals surface area contributed by atoms with Gasteiger partial charge in [-0.3, -0.25) is 14.9 Å². The van der Waals surface area contributed by atoms with Crippen LogP contribution in [0.3, 0.4) is 0 Å². The van der Waals surface area contributed by atoms with Gasteiger partial charge in [0.05, 0.1) is 16.2 Å². The summed E-state index contributed by atoms with van der Waals surface area (Å²) in [5.74, 6) is -0.0879. The minimum Gasteiger partial charge on any atom is -0.487 e. The van der Waals surface area contributed by atoms with Crippen LogP contribution in [0.2, 0.25) is 10.0 Å². The van der Waals surface area contributed by atoms with Gasteiger partial charge in [0.15, 0.2) is 0 Å². The van der Waals surface area contributed by atoms with E-state index in [-0.39, 0.29) is 17.9 Å². The zero-order valence-electron chi connectivity index (χ0n) is 15.4. The molecule has 0 saturated heterocycles. The van der Waals surface area contributed by atoms with E-state index < -0.39 is 10.8 Å². The molecule has 3 rings (SSSR count). The van der Waals surface area contributed by atoms with Gasteiger partial charge < -0.3 is 4.74 Å². The first-order chi connectivity index (χ1) is 14.4. The average molecular weight is 444 g/mol. The van der Waals surface area contributed by atoms with Crippen LogP contribution in [0.1, 0.15) is 21.5 Å². The summed E-state index contributed by atoms with van der Waals surface area (Å²) >= 11 is 12.4. The number of hydrogen-bond acceptors (Lipinski definition) is 5. The molecule has 152 valence electrons. The van der Waals surface area contributed by atoms with Crippen molar-refractivity contribution in [2.24, 2.45) is 5.10 Å². The maximum absolute atomic E-state index is 12.1. The number of hydrazone groups is 1. The van der Waals surface area contributed by atoms with Crippen molar-refractivity contribution in [2.45, 2.75) is 6.61 Å². The van der Waals surface area contributed by atoms with Crippen LogP contribution in [0, 0.1) is 10.1 Å². The number of rotatable bonds is 7. The van der Waals surface area contributed by atoms with E-state index in [9.17, 15) is 14.9 Å². The number of ether oxygens (including phenoxy) is 1. The molecule has 9 heteroatoms. The van der Waals surface area contributed by atoms with Gasteiger partial charge in [-0.25, -0.2) is 5.43 Å². The minimum absolute atomic E-state index is 0.128. The van der Waals surface area contributed by atoms with Gasteiger partial charge in [0.1, 0.15) is 12.4 Å². The number of nitro groups is 1. The number of hydrogen-bond donors (Lipinski definition) is 1. The summed E-state index contributed by atoms with van der Waals surface area (Å²) in [5, 5.41) is 15.6. The molecule has 0 atom stereocenters. The van der Waals surface area contributed by atoms with Crippen LogP contribution in [0.15, 0.2) is 71.8 Å². The van der Waals surface area contributed by atoms with Crippen LogP contribution in [0.5, 0.6) is 5.75 Å². The smallest absolute Gasteiger partial charge is 0.271 e. The summed E-state index contributed by atoms with van der Waals surface area (Å²) in [6.45, 7) is 0.270. The molecule has 0 fully saturated rings. The molecule has 1 N–H and O–H groups in total. The molecule has 0 saturated carbocycles. The number of carbonyl (C=O) groups is 1. The number of nitrogens with zero attached hydrogens (tertiary/aromatic N) is 2. The molecule has 30 heavy (non-hydrogen) atoms. The average Bonchev–Trinajstić information content (AvgIpc) is 2.74. The monoisotopic (exact) mass is 443 g/mol. The van der Waals surface area contributed by atoms with Crippen LogP contribution >= 0.6 is 23.2 Å². The number of non-ortho nitro benzene ring substituents is 1. The minimum atomic E-state index is -0.572. The molecule has 0 unspecified atom stereocenters. The van der Waals surface area contributed by atoms with Crippen molar-refractivity contribution in [1.29, 1.82) is 0 Å². The van der Waals surface area contributed by atoms with Crippen LogP contribution in [-0.4, -0.2) is 17.0 Å². The lowest BCUT2D eigenvalue weighted by molar-refractivity contribution is -0.384. The van der Waals surface area contributed by atoms with Gasteiger partial charge in [0.2, 0.25) is 0 Å². The Labute approximate surface area is 182 Å². The summed E-state index contributed by atoms with van der Waals surface area (Å²) in [4.78, 5) is 22.3. The summed E-state index contributed by atoms with van der Waals surface area (Å²) < 4.78 is 5.70. The summed E-state index contributed by atoms with van der Waals surface area (Å²) in [5.41, 5.74) is 3.74. The molecule has 0 radical (unpaired) electrons. The lowest BCUT2D eigenvalue weighted by Gasteiger charge is -2.09. The molecular weight excluding hydrogens is 429 g/mol. The normalized spacial score (nSPS) is 10.7. The topological polar surface area (TPSA) is 93.8 Å². The maximum Gasteiger partial charge on any atom is 0.271 e. The molecule has 0 spiro atoms. The molecule has 0 aliphatic heterocycles. The Balaban J connectivity index is 1.60. The molecule has 3 aromatic carbocycles. The van der Waals surface area contributed by atoms with Gasteiger partial charge in [0.25, 0.3) is 11.6 Å². The lowest BCUT2D eigenvalue weighted by atomic mass is 10.2. The number of amides is 1. The lowest BCUT2D eigenvalue weighted by Crippen LogP contribution is -2.17. The van der Waals surface area contributed by atoms with Crippen molar-refractivity contribution in [3.8, 4) is 5.75 Å². The number of nitro benzene ring substituents is 1. The number of halogens is 2. The highest BCUT2D eigenvalue weighted by molar-refractivity contribution is 6.32. The molecule has 0 aromatic heterocycles. The van der Waals surface area contributed by atoms with E-state index in [4.69, 9.17) is 27.9 Å². The first-order valence-corrected chi connectivity index (χ1v) is 9.43. The highest BCUT2D eigenvalue weighted by Crippen LogP contribution is 2.27. The highest BCUT2D eigenvalue weighted by atomic mass is 35.5. The van der Waals surface area contributed by atoms with Crippen molar-refractivity contribution in [1.82, 2.24) is 5.43 Å². The zero-order chi connectivity index (χ0) is 21.5. The first kappa shape index (κ1) is 21.3. The number of nitrogens with one attached hydrogen (secondary N) is 1. The Kier molecular flexibility index (Phi) is 7.00. The van der Waals surface area contributed by atoms with E-state index in [2.05, 4.69) is 10.5 Å². The van der Waals surface area contributed by atoms with Crippen molar-refractivity contribution >= 4 is 41.0 Å². The molecule has 0 aliphatic carbocycles. The maximum atomic E-state index is 12.1. The fourth-order valence-corrected chi connectivity index (χ4v) is 2.91. The van der Waals surface area contributed by atoms with Crippen molar-refractivity contribution in [3.05, 3.63) is 104 Å². The van der Waals surface area contributed by atoms with Gasteiger partial charge in [-0.05, 0) is 35.9 Å². The third-order valence-corrected chi connectivity index (χ3v) is 4.66. The van der Waals surface area contributed by atoms with E-state index in [1.54, 1.807) is 24.3 Å². The van der Waals surface area contributed by atoms with Crippen LogP contribution in [-0.2, 0) is 6.61 Å². The highest BCUT2D eigenvalue weighted by Gasteiger charge is 2.11. The Morgan fingerprint density at radius 3 is 2.60 bits per heavy atom. The molecular formula is C21H15Cl2N3O4. The molecule has 0 heterocycles. The summed E-state index contributed by atoms with van der Waals surface area (Å²) in [6, 6.07) is 17.7. The van der Waals surface area contributed by atoms with E-state index in [1.807, 2.05) is 18.2 Å². The standard InChI is InChI=1S/C21H15Cl2N3O4/c22-18-7-2-1-4-16(18)13-30-20-9-8-14(10-19(20)23)12-24-25-21(27)15-5-3-6-17(11-15)26(28)29/h1-12H,13H2,(H,25,27)/b24-12-. The van der Waals surface area contributed by atoms with Crippen LogP contribution < -0.4 is 10.2 Å². The van der Waals surface area contributed by atoms with E-state index >= 15 is 0 Å². The molecule has 0 bridgehead atoms. The summed E-state index contributed by atoms with van der Waals surface area (Å²) in [7, 11) is 0. The molecule has 7 nitrogen and oxygen atoms in total. The van der Waals surface area contributed by atoms with Gasteiger partial charge in [-0.1, -0.05) is 47.5 Å². The van der Waals surface area contributed by atoms with Crippen LogP contribution in [0.4, 0.5) is 5.69 Å². The Morgan fingerprint density at radius 2 is 1.87 bits per heavy atom. The van der Waals surface area contributed by atoms with E-state index in [1.165, 1.54) is 30.5 Å². The second-order valence-corrected chi connectivity index (χ2v) is 6.89. The van der Waals surface area contributed by atoms with Crippen molar-refractivity contribution in [3.63, 3.8) is 0 Å². The Bertz CT molecular complexity index is 1120. The largest absolute Gasteiger partial charge is 0.487 e. The second-order valence-electron chi connectivity index (χ2n) is 6.08. The SMILES string of the molecule is O=C(N/N=C\c1ccc(OCc2ccccc2Cl)c(Cl)c1)c1cccc([N+](=O)[O-])c1. The quantitative estimate of drug-likeness (QED) is 0.306. The predicted octanol–water partition coefficient (Wildman–Crippen LogP) is 5.24. The van der Waals surface area contributed by atoms with Gasteiger partial charge >= 0.3 is 0 Å². The number of benzene rings is 3. The summed E-state index contributed by atoms with van der Waals surface area (Å²) in [6.07, 6.45) is 1.40. The fraction of sp³-hybridized carbons (Fsp3) is 0.0476. The van der Waals surface area contributed by atoms with Gasteiger partial charge in [-0.2, -0.15) is 5.10 Å². The van der Waals surface area contributed by atoms with Gasteiger partial charge in [-0.15, -0.1) is 0 Å². The molecule has 0 aliphatic rings. The molecule has 1 amide bonds. The Hall–Kier alpha value is -3.42. The zero-order valence-corrected chi connectivity index (χ0v) is 16.9. The van der Waals surface area contributed by atoms with E-state index in [0.29, 0.717) is 21.4 Å². The third kappa shape index (κ3) is 5.56. The third-order valence-electron chi connectivity index (χ3n) is 4.00. The predicted molar refractivity (Wildman–Crippen MR) is 115 cm³/mol.